The highest BCUT2D eigenvalue weighted by Crippen LogP contribution is 2.29. The van der Waals surface area contributed by atoms with E-state index >= 15 is 0 Å². The maximum Gasteiger partial charge on any atom is 0.248 e. The highest BCUT2D eigenvalue weighted by molar-refractivity contribution is 5.98. The number of carbonyl (C=O) groups is 1. The largest absolute Gasteiger partial charge is 0.435 e. The number of hydrogen-bond acceptors (Lipinski definition) is 7. The number of carbonyl (C=O) groups excluding carboxylic acids is 1. The van der Waals surface area contributed by atoms with Crippen molar-refractivity contribution in [2.45, 2.75) is 0 Å². The van der Waals surface area contributed by atoms with E-state index < -0.39 is 0 Å². The van der Waals surface area contributed by atoms with Crippen molar-refractivity contribution in [2.24, 2.45) is 7.05 Å². The van der Waals surface area contributed by atoms with Gasteiger partial charge in [-0.25, -0.2) is 14.5 Å². The van der Waals surface area contributed by atoms with E-state index in [1.54, 1.807) is 36.3 Å². The van der Waals surface area contributed by atoms with Gasteiger partial charge in [-0.3, -0.25) is 9.48 Å². The minimum absolute atomic E-state index is 0.199. The number of pyridine rings is 1. The molecule has 0 aliphatic carbocycles. The Balaban J connectivity index is 1.73. The first kappa shape index (κ1) is 17.9. The molecule has 10 heteroatoms. The lowest BCUT2D eigenvalue weighted by atomic mass is 10.2. The average molecular weight is 386 g/mol. The monoisotopic (exact) mass is 386 g/mol. The van der Waals surface area contributed by atoms with E-state index in [0.29, 0.717) is 28.3 Å². The van der Waals surface area contributed by atoms with E-state index in [1.165, 1.54) is 16.9 Å². The summed E-state index contributed by atoms with van der Waals surface area (Å²) < 4.78 is 9.10. The van der Waals surface area contributed by atoms with Gasteiger partial charge >= 0.3 is 0 Å². The summed E-state index contributed by atoms with van der Waals surface area (Å²) in [6.07, 6.45) is 9.22. The van der Waals surface area contributed by atoms with Gasteiger partial charge < -0.3 is 10.1 Å². The number of nitriles is 1. The Hall–Kier alpha value is -4.52. The fourth-order valence-electron chi connectivity index (χ4n) is 2.63. The Morgan fingerprint density at radius 3 is 2.79 bits per heavy atom. The van der Waals surface area contributed by atoms with Crippen LogP contribution in [0.25, 0.3) is 16.8 Å². The van der Waals surface area contributed by atoms with Gasteiger partial charge in [0.2, 0.25) is 11.8 Å². The topological polar surface area (TPSA) is 123 Å². The molecule has 4 rings (SSSR count). The van der Waals surface area contributed by atoms with Crippen molar-refractivity contribution in [1.82, 2.24) is 29.4 Å². The minimum atomic E-state index is -0.364. The van der Waals surface area contributed by atoms with E-state index in [9.17, 15) is 10.1 Å². The molecular weight excluding hydrogens is 372 g/mol. The van der Waals surface area contributed by atoms with Crippen molar-refractivity contribution in [3.63, 3.8) is 0 Å². The molecular formula is C19H14N8O2. The van der Waals surface area contributed by atoms with Gasteiger partial charge in [0.1, 0.15) is 28.7 Å². The maximum absolute atomic E-state index is 11.4. The van der Waals surface area contributed by atoms with E-state index in [4.69, 9.17) is 4.74 Å². The lowest BCUT2D eigenvalue weighted by Crippen LogP contribution is -2.08. The van der Waals surface area contributed by atoms with E-state index in [-0.39, 0.29) is 11.8 Å². The van der Waals surface area contributed by atoms with Gasteiger partial charge in [-0.2, -0.15) is 15.5 Å². The molecule has 4 aromatic rings. The molecule has 0 aliphatic rings. The summed E-state index contributed by atoms with van der Waals surface area (Å²) in [7, 11) is 1.81. The molecule has 142 valence electrons. The predicted octanol–water partition coefficient (Wildman–Crippen LogP) is 2.31. The van der Waals surface area contributed by atoms with Gasteiger partial charge in [-0.15, -0.1) is 0 Å². The number of nitrogens with one attached hydrogen (secondary N) is 1. The number of anilines is 1. The first-order chi connectivity index (χ1) is 14.1. The van der Waals surface area contributed by atoms with Crippen LogP contribution >= 0.6 is 0 Å². The first-order valence-electron chi connectivity index (χ1n) is 8.42. The van der Waals surface area contributed by atoms with Crippen molar-refractivity contribution in [3.05, 3.63) is 61.3 Å². The second kappa shape index (κ2) is 7.24. The van der Waals surface area contributed by atoms with Crippen LogP contribution in [0.15, 0.2) is 55.8 Å². The van der Waals surface area contributed by atoms with Crippen LogP contribution in [-0.2, 0) is 11.8 Å². The van der Waals surface area contributed by atoms with Crippen LogP contribution in [0, 0.1) is 11.3 Å². The third kappa shape index (κ3) is 3.52. The second-order valence-corrected chi connectivity index (χ2v) is 5.97. The number of fused-ring (bicyclic) bond motifs is 1. The molecule has 0 aromatic carbocycles. The lowest BCUT2D eigenvalue weighted by molar-refractivity contribution is -0.111. The van der Waals surface area contributed by atoms with Gasteiger partial charge in [0.15, 0.2) is 0 Å². The second-order valence-electron chi connectivity index (χ2n) is 5.97. The molecule has 1 N–H and O–H groups in total. The van der Waals surface area contributed by atoms with Crippen LogP contribution in [-0.4, -0.2) is 35.3 Å². The molecule has 0 aliphatic heterocycles. The zero-order valence-electron chi connectivity index (χ0n) is 15.3. The van der Waals surface area contributed by atoms with Crippen LogP contribution in [0.1, 0.15) is 5.56 Å². The summed E-state index contributed by atoms with van der Waals surface area (Å²) in [6, 6.07) is 5.30. The van der Waals surface area contributed by atoms with Crippen molar-refractivity contribution >= 4 is 17.2 Å². The van der Waals surface area contributed by atoms with Crippen molar-refractivity contribution < 1.29 is 9.53 Å². The molecule has 0 unspecified atom stereocenters. The fourth-order valence-corrected chi connectivity index (χ4v) is 2.63. The molecule has 4 heterocycles. The molecule has 0 fully saturated rings. The number of amides is 1. The zero-order chi connectivity index (χ0) is 20.4. The molecule has 0 radical (unpaired) electrons. The average Bonchev–Trinajstić information content (AvgIpc) is 3.35. The Labute approximate surface area is 164 Å². The minimum Gasteiger partial charge on any atom is -0.435 e. The van der Waals surface area contributed by atoms with Crippen LogP contribution in [0.2, 0.25) is 0 Å². The summed E-state index contributed by atoms with van der Waals surface area (Å²) in [5.41, 5.74) is 2.11. The summed E-state index contributed by atoms with van der Waals surface area (Å²) in [5, 5.41) is 20.3. The van der Waals surface area contributed by atoms with Crippen LogP contribution in [0.5, 0.6) is 11.6 Å². The molecule has 1 amide bonds. The molecule has 29 heavy (non-hydrogen) atoms. The number of nitrogens with zero attached hydrogens (tertiary/aromatic N) is 7. The molecule has 0 atom stereocenters. The molecule has 0 bridgehead atoms. The molecule has 0 saturated heterocycles. The molecule has 0 saturated carbocycles. The zero-order valence-corrected chi connectivity index (χ0v) is 15.3. The van der Waals surface area contributed by atoms with E-state index in [0.717, 1.165) is 11.6 Å². The number of ether oxygens (including phenoxy) is 1. The summed E-state index contributed by atoms with van der Waals surface area (Å²) in [4.78, 5) is 20.0. The SMILES string of the molecule is C=CC(=O)Nc1ccc(Oc2nc(-c3cnn(C)c3)cn3ncc(C#N)c23)cn1. The first-order valence-corrected chi connectivity index (χ1v) is 8.42. The van der Waals surface area contributed by atoms with Gasteiger partial charge in [0.25, 0.3) is 0 Å². The number of aryl methyl sites for hydroxylation is 1. The van der Waals surface area contributed by atoms with Gasteiger partial charge in [-0.1, -0.05) is 6.58 Å². The Kier molecular flexibility index (Phi) is 4.46. The smallest absolute Gasteiger partial charge is 0.248 e. The number of aromatic nitrogens is 6. The summed E-state index contributed by atoms with van der Waals surface area (Å²) in [5.74, 6) is 0.567. The Morgan fingerprint density at radius 2 is 2.14 bits per heavy atom. The van der Waals surface area contributed by atoms with Crippen molar-refractivity contribution in [1.29, 1.82) is 5.26 Å². The maximum atomic E-state index is 11.4. The highest BCUT2D eigenvalue weighted by Gasteiger charge is 2.16. The quantitative estimate of drug-likeness (QED) is 0.522. The standard InChI is InChI=1S/C19H14N8O2/c1-3-17(28)25-16-5-4-14(9-21-16)29-19-18-12(6-20)7-23-27(18)11-15(24-19)13-8-22-26(2)10-13/h3-5,7-11H,1H2,2H3,(H,21,25,28). The van der Waals surface area contributed by atoms with Gasteiger partial charge in [-0.05, 0) is 18.2 Å². The highest BCUT2D eigenvalue weighted by atomic mass is 16.5. The van der Waals surface area contributed by atoms with Gasteiger partial charge in [0, 0.05) is 18.8 Å². The molecule has 4 aromatic heterocycles. The Bertz CT molecular complexity index is 1260. The van der Waals surface area contributed by atoms with Crippen LogP contribution in [0.3, 0.4) is 0 Å². The normalized spacial score (nSPS) is 10.5. The third-order valence-electron chi connectivity index (χ3n) is 3.97. The van der Waals surface area contributed by atoms with Crippen molar-refractivity contribution in [2.75, 3.05) is 5.32 Å². The Morgan fingerprint density at radius 1 is 1.28 bits per heavy atom. The van der Waals surface area contributed by atoms with Gasteiger partial charge in [0.05, 0.1) is 30.5 Å². The fraction of sp³-hybridized carbons (Fsp3) is 0.0526. The molecule has 10 nitrogen and oxygen atoms in total. The number of hydrogen-bond donors (Lipinski definition) is 1. The van der Waals surface area contributed by atoms with E-state index in [2.05, 4.69) is 38.1 Å². The lowest BCUT2D eigenvalue weighted by Gasteiger charge is -2.09. The predicted molar refractivity (Wildman–Crippen MR) is 103 cm³/mol. The van der Waals surface area contributed by atoms with E-state index in [1.807, 2.05) is 6.20 Å². The summed E-state index contributed by atoms with van der Waals surface area (Å²) >= 11 is 0. The number of rotatable bonds is 5. The summed E-state index contributed by atoms with van der Waals surface area (Å²) in [6.45, 7) is 3.39. The van der Waals surface area contributed by atoms with Crippen LogP contribution < -0.4 is 10.1 Å². The van der Waals surface area contributed by atoms with Crippen molar-refractivity contribution in [3.8, 4) is 29.0 Å². The van der Waals surface area contributed by atoms with Crippen LogP contribution in [0.4, 0.5) is 5.82 Å². The third-order valence-corrected chi connectivity index (χ3v) is 3.97. The molecule has 0 spiro atoms.